The lowest BCUT2D eigenvalue weighted by Crippen LogP contribution is -2.27. The van der Waals surface area contributed by atoms with Gasteiger partial charge in [-0.1, -0.05) is 55.8 Å². The van der Waals surface area contributed by atoms with Crippen molar-refractivity contribution in [1.82, 2.24) is 0 Å². The van der Waals surface area contributed by atoms with E-state index in [1.807, 2.05) is 55.5 Å². The smallest absolute Gasteiger partial charge is 0.414 e. The summed E-state index contributed by atoms with van der Waals surface area (Å²) in [4.78, 5) is 18.2. The number of carbonyl (C=O) groups excluding carboxylic acids is 1. The quantitative estimate of drug-likeness (QED) is 0.345. The molecule has 6 heteroatoms. The number of halogens is 2. The van der Waals surface area contributed by atoms with Crippen LogP contribution in [0.1, 0.15) is 49.8 Å². The maximum atomic E-state index is 14.1. The van der Waals surface area contributed by atoms with E-state index in [1.165, 1.54) is 23.1 Å². The number of hydrogen-bond donors (Lipinski definition) is 0. The summed E-state index contributed by atoms with van der Waals surface area (Å²) in [6, 6.07) is 19.5. The first-order chi connectivity index (χ1) is 16.5. The highest BCUT2D eigenvalue weighted by Gasteiger charge is 2.24. The third-order valence-electron chi connectivity index (χ3n) is 6.10. The van der Waals surface area contributed by atoms with Gasteiger partial charge in [0.15, 0.2) is 0 Å². The molecule has 1 atom stereocenters. The summed E-state index contributed by atoms with van der Waals surface area (Å²) in [5.74, 6) is -1.14. The van der Waals surface area contributed by atoms with Gasteiger partial charge in [0.2, 0.25) is 0 Å². The largest absolute Gasteiger partial charge is 0.449 e. The highest BCUT2D eigenvalue weighted by molar-refractivity contribution is 6.02. The van der Waals surface area contributed by atoms with Crippen LogP contribution in [-0.4, -0.2) is 25.5 Å². The molecule has 0 bridgehead atoms. The van der Waals surface area contributed by atoms with Crippen molar-refractivity contribution in [1.29, 1.82) is 0 Å². The summed E-state index contributed by atoms with van der Waals surface area (Å²) in [5, 5.41) is 0. The van der Waals surface area contributed by atoms with E-state index in [-0.39, 0.29) is 17.7 Å². The van der Waals surface area contributed by atoms with Gasteiger partial charge in [0.25, 0.3) is 0 Å². The molecule has 3 aromatic rings. The van der Waals surface area contributed by atoms with Gasteiger partial charge >= 0.3 is 6.09 Å². The van der Waals surface area contributed by atoms with E-state index in [0.29, 0.717) is 18.7 Å². The number of amides is 1. The van der Waals surface area contributed by atoms with Crippen molar-refractivity contribution in [2.45, 2.75) is 38.6 Å². The van der Waals surface area contributed by atoms with Gasteiger partial charge in [-0.15, -0.1) is 0 Å². The van der Waals surface area contributed by atoms with Crippen LogP contribution in [0.5, 0.6) is 0 Å². The van der Waals surface area contributed by atoms with Gasteiger partial charge in [0.05, 0.1) is 18.2 Å². The lowest BCUT2D eigenvalue weighted by atomic mass is 9.99. The van der Waals surface area contributed by atoms with Gasteiger partial charge in [-0.2, -0.15) is 0 Å². The van der Waals surface area contributed by atoms with Crippen LogP contribution in [0.2, 0.25) is 0 Å². The second-order valence-electron chi connectivity index (χ2n) is 8.42. The van der Waals surface area contributed by atoms with Gasteiger partial charge in [-0.25, -0.2) is 13.6 Å². The van der Waals surface area contributed by atoms with Gasteiger partial charge in [0.1, 0.15) is 11.6 Å². The molecule has 176 valence electrons. The van der Waals surface area contributed by atoms with Crippen LogP contribution in [-0.2, 0) is 4.74 Å². The summed E-state index contributed by atoms with van der Waals surface area (Å²) in [7, 11) is 1.70. The normalized spacial score (nSPS) is 15.2. The van der Waals surface area contributed by atoms with Crippen LogP contribution in [0.4, 0.5) is 19.3 Å². The number of nitrogens with zero attached hydrogens (tertiary/aromatic N) is 2. The molecule has 0 radical (unpaired) electrons. The Hall–Kier alpha value is -3.54. The molecule has 0 spiro atoms. The predicted molar refractivity (Wildman–Crippen MR) is 131 cm³/mol. The Morgan fingerprint density at radius 2 is 1.62 bits per heavy atom. The SMILES string of the molecule is CCCCOC(=O)N(C)c1ccc(-c2ccc(C3CCC(c4c(F)cccc4F)=N3)cc2)cc1. The maximum absolute atomic E-state index is 14.1. The van der Waals surface area contributed by atoms with Crippen molar-refractivity contribution >= 4 is 17.5 Å². The minimum absolute atomic E-state index is 0.0130. The minimum atomic E-state index is -0.571. The van der Waals surface area contributed by atoms with E-state index in [0.717, 1.165) is 41.6 Å². The zero-order chi connectivity index (χ0) is 24.1. The molecule has 4 rings (SSSR count). The van der Waals surface area contributed by atoms with E-state index < -0.39 is 11.6 Å². The molecule has 0 aromatic heterocycles. The van der Waals surface area contributed by atoms with Crippen LogP contribution >= 0.6 is 0 Å². The molecule has 0 aliphatic carbocycles. The molecule has 0 fully saturated rings. The highest BCUT2D eigenvalue weighted by atomic mass is 19.1. The molecular weight excluding hydrogens is 434 g/mol. The Balaban J connectivity index is 1.44. The molecule has 3 aromatic carbocycles. The summed E-state index contributed by atoms with van der Waals surface area (Å²) in [5.41, 5.74) is 4.30. The van der Waals surface area contributed by atoms with Crippen molar-refractivity contribution in [2.24, 2.45) is 4.99 Å². The molecule has 1 aliphatic rings. The first kappa shape index (κ1) is 23.6. The monoisotopic (exact) mass is 462 g/mol. The van der Waals surface area contributed by atoms with Crippen molar-refractivity contribution in [2.75, 3.05) is 18.6 Å². The van der Waals surface area contributed by atoms with Gasteiger partial charge in [0, 0.05) is 18.4 Å². The number of ether oxygens (including phenoxy) is 1. The van der Waals surface area contributed by atoms with Crippen LogP contribution in [0.25, 0.3) is 11.1 Å². The molecular formula is C28H28F2N2O2. The standard InChI is InChI=1S/C28H28F2N2O2/c1-3-4-18-34-28(33)32(2)22-14-12-20(13-15-22)19-8-10-21(11-9-19)25-16-17-26(31-25)27-23(29)6-5-7-24(27)30/h5-15,25H,3-4,16-18H2,1-2H3. The van der Waals surface area contributed by atoms with E-state index in [2.05, 4.69) is 4.99 Å². The highest BCUT2D eigenvalue weighted by Crippen LogP contribution is 2.33. The second-order valence-corrected chi connectivity index (χ2v) is 8.42. The average molecular weight is 463 g/mol. The lowest BCUT2D eigenvalue weighted by Gasteiger charge is -2.17. The fraction of sp³-hybridized carbons (Fsp3) is 0.286. The third kappa shape index (κ3) is 5.16. The Morgan fingerprint density at radius 1 is 1.00 bits per heavy atom. The number of rotatable bonds is 7. The van der Waals surface area contributed by atoms with E-state index in [4.69, 9.17) is 4.74 Å². The molecule has 1 aliphatic heterocycles. The Morgan fingerprint density at radius 3 is 2.24 bits per heavy atom. The summed E-state index contributed by atoms with van der Waals surface area (Å²) >= 11 is 0. The summed E-state index contributed by atoms with van der Waals surface area (Å²) in [6.45, 7) is 2.47. The van der Waals surface area contributed by atoms with Gasteiger partial charge < -0.3 is 4.74 Å². The molecule has 0 saturated carbocycles. The van der Waals surface area contributed by atoms with Crippen molar-refractivity contribution in [3.05, 3.63) is 89.5 Å². The molecule has 0 saturated heterocycles. The minimum Gasteiger partial charge on any atom is -0.449 e. The van der Waals surface area contributed by atoms with Gasteiger partial charge in [-0.05, 0) is 60.2 Å². The van der Waals surface area contributed by atoms with Crippen molar-refractivity contribution < 1.29 is 18.3 Å². The molecule has 0 N–H and O–H groups in total. The predicted octanol–water partition coefficient (Wildman–Crippen LogP) is 7.33. The summed E-state index contributed by atoms with van der Waals surface area (Å²) in [6.07, 6.45) is 2.72. The molecule has 1 unspecified atom stereocenters. The maximum Gasteiger partial charge on any atom is 0.414 e. The van der Waals surface area contributed by atoms with Crippen molar-refractivity contribution in [3.63, 3.8) is 0 Å². The van der Waals surface area contributed by atoms with E-state index in [9.17, 15) is 13.6 Å². The summed E-state index contributed by atoms with van der Waals surface area (Å²) < 4.78 is 33.5. The first-order valence-electron chi connectivity index (χ1n) is 11.6. The van der Waals surface area contributed by atoms with Gasteiger partial charge in [-0.3, -0.25) is 9.89 Å². The van der Waals surface area contributed by atoms with E-state index in [1.54, 1.807) is 7.05 Å². The van der Waals surface area contributed by atoms with Crippen molar-refractivity contribution in [3.8, 4) is 11.1 Å². The topological polar surface area (TPSA) is 41.9 Å². The molecule has 1 amide bonds. The van der Waals surface area contributed by atoms with Crippen LogP contribution < -0.4 is 4.90 Å². The number of aliphatic imine (C=N–C) groups is 1. The zero-order valence-corrected chi connectivity index (χ0v) is 19.4. The number of anilines is 1. The van der Waals surface area contributed by atoms with Crippen LogP contribution in [0.3, 0.4) is 0 Å². The first-order valence-corrected chi connectivity index (χ1v) is 11.6. The Bertz CT molecular complexity index is 1150. The Kier molecular flexibility index (Phi) is 7.36. The van der Waals surface area contributed by atoms with Crippen LogP contribution in [0, 0.1) is 11.6 Å². The number of benzene rings is 3. The fourth-order valence-electron chi connectivity index (χ4n) is 4.08. The lowest BCUT2D eigenvalue weighted by molar-refractivity contribution is 0.153. The second kappa shape index (κ2) is 10.6. The zero-order valence-electron chi connectivity index (χ0n) is 19.4. The number of hydrogen-bond acceptors (Lipinski definition) is 3. The van der Waals surface area contributed by atoms with Crippen LogP contribution in [0.15, 0.2) is 71.7 Å². The molecule has 34 heavy (non-hydrogen) atoms. The Labute approximate surface area is 198 Å². The third-order valence-corrected chi connectivity index (χ3v) is 6.10. The molecule has 1 heterocycles. The van der Waals surface area contributed by atoms with E-state index >= 15 is 0 Å². The number of unbranched alkanes of at least 4 members (excludes halogenated alkanes) is 1. The average Bonchev–Trinajstić information content (AvgIpc) is 3.33. The molecule has 4 nitrogen and oxygen atoms in total. The fourth-order valence-corrected chi connectivity index (χ4v) is 4.08. The number of carbonyl (C=O) groups is 1.